The summed E-state index contributed by atoms with van der Waals surface area (Å²) in [7, 11) is 1.73. The summed E-state index contributed by atoms with van der Waals surface area (Å²) in [5, 5.41) is 5.83. The zero-order chi connectivity index (χ0) is 30.9. The lowest BCUT2D eigenvalue weighted by Crippen LogP contribution is -2.40. The standard InChI is InChI=1S/C36H38N4O4/c1-26-10-8-14-29(24-26)37-35(42)28-13-9-15-30(25-28)39(2)34(41)20-23-40-21-18-31(19-22-40)44-36(43)38-33-17-7-6-16-32(33)27-11-4-3-5-12-27/h3-17,24-25,31H,18-23H2,1-2H3,(H,37,42)(H,38,43). The Morgan fingerprint density at radius 3 is 2.34 bits per heavy atom. The highest BCUT2D eigenvalue weighted by molar-refractivity contribution is 6.05. The van der Waals surface area contributed by atoms with Crippen LogP contribution in [-0.4, -0.2) is 55.6 Å². The van der Waals surface area contributed by atoms with E-state index in [0.29, 0.717) is 42.7 Å². The molecule has 0 unspecified atom stereocenters. The molecular weight excluding hydrogens is 552 g/mol. The second-order valence-corrected chi connectivity index (χ2v) is 11.1. The van der Waals surface area contributed by atoms with Crippen molar-refractivity contribution in [2.24, 2.45) is 0 Å². The number of piperidine rings is 1. The Morgan fingerprint density at radius 1 is 0.841 bits per heavy atom. The average Bonchev–Trinajstić information content (AvgIpc) is 3.04. The number of carbonyl (C=O) groups excluding carboxylic acids is 3. The van der Waals surface area contributed by atoms with E-state index < -0.39 is 6.09 Å². The number of aryl methyl sites for hydroxylation is 1. The van der Waals surface area contributed by atoms with E-state index in [1.54, 1.807) is 30.1 Å². The van der Waals surface area contributed by atoms with Crippen molar-refractivity contribution in [1.82, 2.24) is 4.90 Å². The monoisotopic (exact) mass is 590 g/mol. The Kier molecular flexibility index (Phi) is 10.0. The van der Waals surface area contributed by atoms with Crippen molar-refractivity contribution < 1.29 is 19.1 Å². The summed E-state index contributed by atoms with van der Waals surface area (Å²) >= 11 is 0. The second-order valence-electron chi connectivity index (χ2n) is 11.1. The molecule has 1 aliphatic heterocycles. The minimum absolute atomic E-state index is 0.0314. The third-order valence-corrected chi connectivity index (χ3v) is 7.84. The number of rotatable bonds is 9. The SMILES string of the molecule is Cc1cccc(NC(=O)c2cccc(N(C)C(=O)CCN3CCC(OC(=O)Nc4ccccc4-c4ccccc4)CC3)c2)c1. The summed E-state index contributed by atoms with van der Waals surface area (Å²) in [6.07, 6.45) is 1.12. The van der Waals surface area contributed by atoms with Crippen LogP contribution >= 0.6 is 0 Å². The number of hydrogen-bond acceptors (Lipinski definition) is 5. The zero-order valence-electron chi connectivity index (χ0n) is 25.2. The summed E-state index contributed by atoms with van der Waals surface area (Å²) in [4.78, 5) is 42.4. The molecule has 8 nitrogen and oxygen atoms in total. The van der Waals surface area contributed by atoms with Gasteiger partial charge in [-0.3, -0.25) is 14.9 Å². The topological polar surface area (TPSA) is 91.0 Å². The Morgan fingerprint density at radius 2 is 1.57 bits per heavy atom. The van der Waals surface area contributed by atoms with E-state index in [-0.39, 0.29) is 17.9 Å². The first-order chi connectivity index (χ1) is 21.4. The highest BCUT2D eigenvalue weighted by Crippen LogP contribution is 2.28. The minimum Gasteiger partial charge on any atom is -0.446 e. The van der Waals surface area contributed by atoms with E-state index in [0.717, 1.165) is 35.5 Å². The van der Waals surface area contributed by atoms with E-state index in [1.807, 2.05) is 91.9 Å². The van der Waals surface area contributed by atoms with Crippen LogP contribution in [0.15, 0.2) is 103 Å². The molecule has 1 aliphatic rings. The van der Waals surface area contributed by atoms with E-state index in [4.69, 9.17) is 4.74 Å². The number of likely N-dealkylation sites (tertiary alicyclic amines) is 1. The van der Waals surface area contributed by atoms with Crippen molar-refractivity contribution in [3.05, 3.63) is 114 Å². The maximum atomic E-state index is 13.0. The number of benzene rings is 4. The van der Waals surface area contributed by atoms with Gasteiger partial charge >= 0.3 is 6.09 Å². The molecule has 5 rings (SSSR count). The fourth-order valence-electron chi connectivity index (χ4n) is 5.35. The molecule has 0 saturated carbocycles. The normalized spacial score (nSPS) is 13.6. The largest absolute Gasteiger partial charge is 0.446 e. The number of nitrogens with zero attached hydrogens (tertiary/aromatic N) is 2. The first-order valence-corrected chi connectivity index (χ1v) is 14.9. The molecule has 0 radical (unpaired) electrons. The van der Waals surface area contributed by atoms with Crippen molar-refractivity contribution in [3.8, 4) is 11.1 Å². The molecule has 1 heterocycles. The predicted molar refractivity (Wildman–Crippen MR) is 175 cm³/mol. The van der Waals surface area contributed by atoms with Crippen LogP contribution in [0.4, 0.5) is 21.9 Å². The first-order valence-electron chi connectivity index (χ1n) is 14.9. The molecule has 3 amide bonds. The molecule has 0 aliphatic carbocycles. The van der Waals surface area contributed by atoms with Crippen LogP contribution in [-0.2, 0) is 9.53 Å². The molecule has 4 aromatic rings. The Bertz CT molecular complexity index is 1600. The Labute approximate surface area is 258 Å². The number of para-hydroxylation sites is 1. The first kappa shape index (κ1) is 30.5. The third-order valence-electron chi connectivity index (χ3n) is 7.84. The van der Waals surface area contributed by atoms with Crippen molar-refractivity contribution in [2.45, 2.75) is 32.3 Å². The van der Waals surface area contributed by atoms with Gasteiger partial charge in [-0.15, -0.1) is 0 Å². The maximum Gasteiger partial charge on any atom is 0.411 e. The molecule has 8 heteroatoms. The lowest BCUT2D eigenvalue weighted by Gasteiger charge is -2.31. The van der Waals surface area contributed by atoms with E-state index in [1.165, 1.54) is 0 Å². The highest BCUT2D eigenvalue weighted by atomic mass is 16.6. The molecule has 226 valence electrons. The Balaban J connectivity index is 1.06. The van der Waals surface area contributed by atoms with Crippen LogP contribution < -0.4 is 15.5 Å². The van der Waals surface area contributed by atoms with Crippen molar-refractivity contribution >= 4 is 35.0 Å². The number of ether oxygens (including phenoxy) is 1. The summed E-state index contributed by atoms with van der Waals surface area (Å²) in [5.41, 5.74) is 5.61. The molecule has 0 bridgehead atoms. The van der Waals surface area contributed by atoms with Crippen LogP contribution in [0.5, 0.6) is 0 Å². The molecule has 2 N–H and O–H groups in total. The van der Waals surface area contributed by atoms with E-state index >= 15 is 0 Å². The van der Waals surface area contributed by atoms with Gasteiger partial charge < -0.3 is 19.9 Å². The molecule has 1 fully saturated rings. The van der Waals surface area contributed by atoms with Gasteiger partial charge in [-0.1, -0.05) is 66.7 Å². The minimum atomic E-state index is -0.460. The summed E-state index contributed by atoms with van der Waals surface area (Å²) in [5.74, 6) is -0.256. The molecular formula is C36H38N4O4. The lowest BCUT2D eigenvalue weighted by atomic mass is 10.0. The number of nitrogens with one attached hydrogen (secondary N) is 2. The summed E-state index contributed by atoms with van der Waals surface area (Å²) < 4.78 is 5.75. The highest BCUT2D eigenvalue weighted by Gasteiger charge is 2.24. The number of carbonyl (C=O) groups is 3. The van der Waals surface area contributed by atoms with E-state index in [2.05, 4.69) is 15.5 Å². The van der Waals surface area contributed by atoms with Crippen molar-refractivity contribution in [3.63, 3.8) is 0 Å². The summed E-state index contributed by atoms with van der Waals surface area (Å²) in [6, 6.07) is 32.3. The van der Waals surface area contributed by atoms with Gasteiger partial charge in [0.05, 0.1) is 5.69 Å². The number of amides is 3. The van der Waals surface area contributed by atoms with Gasteiger partial charge in [0.2, 0.25) is 5.91 Å². The van der Waals surface area contributed by atoms with Crippen LogP contribution in [0.1, 0.15) is 35.2 Å². The van der Waals surface area contributed by atoms with Gasteiger partial charge in [0.1, 0.15) is 6.10 Å². The van der Waals surface area contributed by atoms with Crippen molar-refractivity contribution in [2.75, 3.05) is 42.2 Å². The van der Waals surface area contributed by atoms with Gasteiger partial charge in [0.15, 0.2) is 0 Å². The predicted octanol–water partition coefficient (Wildman–Crippen LogP) is 6.98. The fourth-order valence-corrected chi connectivity index (χ4v) is 5.35. The van der Waals surface area contributed by atoms with Crippen LogP contribution in [0.2, 0.25) is 0 Å². The molecule has 0 spiro atoms. The quantitative estimate of drug-likeness (QED) is 0.220. The van der Waals surface area contributed by atoms with Gasteiger partial charge in [0, 0.05) is 55.6 Å². The lowest BCUT2D eigenvalue weighted by molar-refractivity contribution is -0.118. The smallest absolute Gasteiger partial charge is 0.411 e. The van der Waals surface area contributed by atoms with Crippen LogP contribution in [0.25, 0.3) is 11.1 Å². The number of anilines is 3. The Hall–Kier alpha value is -4.95. The number of hydrogen-bond donors (Lipinski definition) is 2. The maximum absolute atomic E-state index is 13.0. The van der Waals surface area contributed by atoms with Crippen molar-refractivity contribution in [1.29, 1.82) is 0 Å². The molecule has 44 heavy (non-hydrogen) atoms. The molecule has 1 saturated heterocycles. The second kappa shape index (κ2) is 14.5. The average molecular weight is 591 g/mol. The summed E-state index contributed by atoms with van der Waals surface area (Å²) in [6.45, 7) is 4.06. The van der Waals surface area contributed by atoms with Gasteiger partial charge in [-0.05, 0) is 67.3 Å². The molecule has 0 aromatic heterocycles. The van der Waals surface area contributed by atoms with Gasteiger partial charge in [-0.25, -0.2) is 4.79 Å². The van der Waals surface area contributed by atoms with Gasteiger partial charge in [0.25, 0.3) is 5.91 Å². The van der Waals surface area contributed by atoms with E-state index in [9.17, 15) is 14.4 Å². The third kappa shape index (κ3) is 8.11. The van der Waals surface area contributed by atoms with Crippen LogP contribution in [0.3, 0.4) is 0 Å². The van der Waals surface area contributed by atoms with Crippen LogP contribution in [0, 0.1) is 6.92 Å². The molecule has 0 atom stereocenters. The zero-order valence-corrected chi connectivity index (χ0v) is 25.2. The fraction of sp³-hybridized carbons (Fsp3) is 0.250. The van der Waals surface area contributed by atoms with Gasteiger partial charge in [-0.2, -0.15) is 0 Å². The molecule has 4 aromatic carbocycles.